The van der Waals surface area contributed by atoms with Crippen LogP contribution < -0.4 is 5.32 Å². The monoisotopic (exact) mass is 273 g/mol. The third-order valence-electron chi connectivity index (χ3n) is 3.00. The molecule has 1 rings (SSSR count). The molecule has 1 nitrogen and oxygen atoms in total. The Morgan fingerprint density at radius 1 is 1.18 bits per heavy atom. The predicted octanol–water partition coefficient (Wildman–Crippen LogP) is 4.56. The maximum absolute atomic E-state index is 6.20. The molecular formula is C14H21Cl2N. The first-order valence-electron chi connectivity index (χ1n) is 6.14. The van der Waals surface area contributed by atoms with E-state index in [1.54, 1.807) is 0 Å². The molecule has 0 aliphatic heterocycles. The second kappa shape index (κ2) is 7.25. The van der Waals surface area contributed by atoms with E-state index >= 15 is 0 Å². The van der Waals surface area contributed by atoms with Gasteiger partial charge < -0.3 is 5.32 Å². The topological polar surface area (TPSA) is 12.0 Å². The van der Waals surface area contributed by atoms with Gasteiger partial charge in [0.2, 0.25) is 0 Å². The maximum atomic E-state index is 6.20. The molecule has 0 bridgehead atoms. The van der Waals surface area contributed by atoms with Crippen LogP contribution in [0, 0.1) is 5.92 Å². The van der Waals surface area contributed by atoms with E-state index in [1.165, 1.54) is 6.42 Å². The highest BCUT2D eigenvalue weighted by Gasteiger charge is 2.11. The van der Waals surface area contributed by atoms with Gasteiger partial charge in [-0.05, 0) is 43.9 Å². The van der Waals surface area contributed by atoms with E-state index in [2.05, 4.69) is 19.2 Å². The van der Waals surface area contributed by atoms with Crippen LogP contribution in [-0.2, 0) is 6.42 Å². The predicted molar refractivity (Wildman–Crippen MR) is 77.1 cm³/mol. The quantitative estimate of drug-likeness (QED) is 0.801. The molecule has 0 fully saturated rings. The molecule has 0 saturated heterocycles. The van der Waals surface area contributed by atoms with Gasteiger partial charge in [-0.1, -0.05) is 49.2 Å². The lowest BCUT2D eigenvalue weighted by Crippen LogP contribution is -2.28. The van der Waals surface area contributed by atoms with E-state index in [0.29, 0.717) is 16.1 Å². The van der Waals surface area contributed by atoms with Crippen molar-refractivity contribution in [2.45, 2.75) is 39.2 Å². The van der Waals surface area contributed by atoms with E-state index in [1.807, 2.05) is 25.2 Å². The Morgan fingerprint density at radius 3 is 2.47 bits per heavy atom. The minimum Gasteiger partial charge on any atom is -0.317 e. The molecule has 0 radical (unpaired) electrons. The van der Waals surface area contributed by atoms with Gasteiger partial charge in [0.05, 0.1) is 10.0 Å². The highest BCUT2D eigenvalue weighted by Crippen LogP contribution is 2.27. The summed E-state index contributed by atoms with van der Waals surface area (Å²) in [6.45, 7) is 4.50. The van der Waals surface area contributed by atoms with Crippen molar-refractivity contribution in [3.05, 3.63) is 33.8 Å². The molecular weight excluding hydrogens is 253 g/mol. The molecule has 1 unspecified atom stereocenters. The summed E-state index contributed by atoms with van der Waals surface area (Å²) in [7, 11) is 2.00. The number of rotatable bonds is 6. The molecule has 1 atom stereocenters. The molecule has 1 N–H and O–H groups in total. The van der Waals surface area contributed by atoms with Crippen molar-refractivity contribution in [2.75, 3.05) is 7.05 Å². The fraction of sp³-hybridized carbons (Fsp3) is 0.571. The first-order valence-corrected chi connectivity index (χ1v) is 6.90. The van der Waals surface area contributed by atoms with Crippen LogP contribution in [0.3, 0.4) is 0 Å². The Morgan fingerprint density at radius 2 is 1.88 bits per heavy atom. The molecule has 1 aromatic carbocycles. The molecule has 3 heteroatoms. The Balaban J connectivity index is 2.64. The average Bonchev–Trinajstić information content (AvgIpc) is 2.29. The Kier molecular flexibility index (Phi) is 6.32. The van der Waals surface area contributed by atoms with Crippen LogP contribution in [0.15, 0.2) is 18.2 Å². The van der Waals surface area contributed by atoms with Crippen LogP contribution in [-0.4, -0.2) is 13.1 Å². The Bertz CT molecular complexity index is 350. The van der Waals surface area contributed by atoms with E-state index in [4.69, 9.17) is 23.2 Å². The van der Waals surface area contributed by atoms with E-state index < -0.39 is 0 Å². The van der Waals surface area contributed by atoms with Crippen molar-refractivity contribution in [3.8, 4) is 0 Å². The van der Waals surface area contributed by atoms with Gasteiger partial charge in [0.15, 0.2) is 0 Å². The number of likely N-dealkylation sites (N-methyl/N-ethyl adjacent to an activating group) is 1. The van der Waals surface area contributed by atoms with Crippen LogP contribution >= 0.6 is 23.2 Å². The molecule has 0 spiro atoms. The Hall–Kier alpha value is -0.240. The average molecular weight is 274 g/mol. The molecule has 0 aliphatic rings. The highest BCUT2D eigenvalue weighted by molar-refractivity contribution is 6.42. The summed E-state index contributed by atoms with van der Waals surface area (Å²) >= 11 is 12.2. The van der Waals surface area contributed by atoms with Crippen molar-refractivity contribution in [2.24, 2.45) is 5.92 Å². The molecule has 96 valence electrons. The van der Waals surface area contributed by atoms with Crippen molar-refractivity contribution < 1.29 is 0 Å². The molecule has 0 amide bonds. The van der Waals surface area contributed by atoms with Crippen molar-refractivity contribution in [1.82, 2.24) is 5.32 Å². The van der Waals surface area contributed by atoms with Crippen molar-refractivity contribution in [3.63, 3.8) is 0 Å². The van der Waals surface area contributed by atoms with Gasteiger partial charge in [-0.3, -0.25) is 0 Å². The summed E-state index contributed by atoms with van der Waals surface area (Å²) < 4.78 is 0. The maximum Gasteiger partial charge on any atom is 0.0624 e. The van der Waals surface area contributed by atoms with Gasteiger partial charge in [0.25, 0.3) is 0 Å². The third-order valence-corrected chi connectivity index (χ3v) is 3.86. The number of hydrogen-bond acceptors (Lipinski definition) is 1. The first kappa shape index (κ1) is 14.8. The van der Waals surface area contributed by atoms with Gasteiger partial charge >= 0.3 is 0 Å². The summed E-state index contributed by atoms with van der Waals surface area (Å²) in [5.41, 5.74) is 1.13. The molecule has 0 aliphatic carbocycles. The van der Waals surface area contributed by atoms with Crippen LogP contribution in [0.2, 0.25) is 10.0 Å². The fourth-order valence-corrected chi connectivity index (χ4v) is 2.25. The molecule has 1 aromatic rings. The minimum atomic E-state index is 0.466. The van der Waals surface area contributed by atoms with Crippen LogP contribution in [0.5, 0.6) is 0 Å². The number of benzene rings is 1. The van der Waals surface area contributed by atoms with E-state index in [0.717, 1.165) is 24.3 Å². The van der Waals surface area contributed by atoms with Gasteiger partial charge in [-0.25, -0.2) is 0 Å². The smallest absolute Gasteiger partial charge is 0.0624 e. The second-order valence-corrected chi connectivity index (χ2v) is 5.66. The molecule has 0 aromatic heterocycles. The normalized spacial score (nSPS) is 13.1. The zero-order chi connectivity index (χ0) is 12.8. The summed E-state index contributed by atoms with van der Waals surface area (Å²) in [5.74, 6) is 0.737. The van der Waals surface area contributed by atoms with Gasteiger partial charge in [0.1, 0.15) is 0 Å². The third kappa shape index (κ3) is 4.87. The number of halogens is 2. The molecule has 0 heterocycles. The van der Waals surface area contributed by atoms with E-state index in [9.17, 15) is 0 Å². The first-order chi connectivity index (χ1) is 8.04. The second-order valence-electron chi connectivity index (χ2n) is 4.87. The summed E-state index contributed by atoms with van der Waals surface area (Å²) in [4.78, 5) is 0. The zero-order valence-electron chi connectivity index (χ0n) is 10.8. The summed E-state index contributed by atoms with van der Waals surface area (Å²) in [6.07, 6.45) is 3.32. The molecule has 0 saturated carbocycles. The SMILES string of the molecule is CNC(CCC(C)C)Cc1cccc(Cl)c1Cl. The lowest BCUT2D eigenvalue weighted by Gasteiger charge is -2.18. The standard InChI is InChI=1S/C14H21Cl2N/c1-10(2)7-8-12(17-3)9-11-5-4-6-13(15)14(11)16/h4-6,10,12,17H,7-9H2,1-3H3. The minimum absolute atomic E-state index is 0.466. The van der Waals surface area contributed by atoms with Gasteiger partial charge in [-0.15, -0.1) is 0 Å². The lowest BCUT2D eigenvalue weighted by atomic mass is 9.98. The van der Waals surface area contributed by atoms with Gasteiger partial charge in [0, 0.05) is 6.04 Å². The van der Waals surface area contributed by atoms with E-state index in [-0.39, 0.29) is 0 Å². The number of nitrogens with one attached hydrogen (secondary N) is 1. The van der Waals surface area contributed by atoms with Crippen LogP contribution in [0.4, 0.5) is 0 Å². The van der Waals surface area contributed by atoms with Crippen molar-refractivity contribution in [1.29, 1.82) is 0 Å². The van der Waals surface area contributed by atoms with Gasteiger partial charge in [-0.2, -0.15) is 0 Å². The van der Waals surface area contributed by atoms with Crippen LogP contribution in [0.1, 0.15) is 32.3 Å². The fourth-order valence-electron chi connectivity index (χ4n) is 1.85. The van der Waals surface area contributed by atoms with Crippen molar-refractivity contribution >= 4 is 23.2 Å². The van der Waals surface area contributed by atoms with Crippen LogP contribution in [0.25, 0.3) is 0 Å². The number of hydrogen-bond donors (Lipinski definition) is 1. The highest BCUT2D eigenvalue weighted by atomic mass is 35.5. The summed E-state index contributed by atoms with van der Waals surface area (Å²) in [5, 5.41) is 4.69. The Labute approximate surface area is 115 Å². The lowest BCUT2D eigenvalue weighted by molar-refractivity contribution is 0.451. The molecule has 17 heavy (non-hydrogen) atoms. The summed E-state index contributed by atoms with van der Waals surface area (Å²) in [6, 6.07) is 6.30. The zero-order valence-corrected chi connectivity index (χ0v) is 12.3. The largest absolute Gasteiger partial charge is 0.317 e.